The summed E-state index contributed by atoms with van der Waals surface area (Å²) >= 11 is 0. The predicted octanol–water partition coefficient (Wildman–Crippen LogP) is 5.62. The fraction of sp³-hybridized carbons (Fsp3) is 0.459. The van der Waals surface area contributed by atoms with Crippen LogP contribution in [-0.4, -0.2) is 67.8 Å². The van der Waals surface area contributed by atoms with Gasteiger partial charge >= 0.3 is 0 Å². The molecule has 8 nitrogen and oxygen atoms in total. The number of hydrogen-bond acceptors (Lipinski definition) is 6. The number of nitrogens with one attached hydrogen (secondary N) is 2. The molecule has 1 aliphatic heterocycles. The zero-order valence-electron chi connectivity index (χ0n) is 28.4. The molecule has 3 atom stereocenters. The summed E-state index contributed by atoms with van der Waals surface area (Å²) in [5.41, 5.74) is 4.08. The fourth-order valence-corrected chi connectivity index (χ4v) is 7.89. The molecule has 260 valence electrons. The lowest BCUT2D eigenvalue weighted by atomic mass is 9.94. The minimum absolute atomic E-state index is 0.0686. The van der Waals surface area contributed by atoms with E-state index in [4.69, 9.17) is 0 Å². The number of fused-ring (bicyclic) bond motifs is 1. The van der Waals surface area contributed by atoms with Crippen LogP contribution in [0.1, 0.15) is 101 Å². The summed E-state index contributed by atoms with van der Waals surface area (Å²) in [5, 5.41) is 17.5. The molecule has 0 saturated carbocycles. The highest BCUT2D eigenvalue weighted by molar-refractivity contribution is 7.90. The summed E-state index contributed by atoms with van der Waals surface area (Å²) in [6, 6.07) is 12.0. The Balaban J connectivity index is 1.60. The number of aliphatic hydroxyl groups excluding tert-OH is 1. The Bertz CT molecular complexity index is 1700. The highest BCUT2D eigenvalue weighted by Crippen LogP contribution is 2.31. The van der Waals surface area contributed by atoms with Crippen molar-refractivity contribution in [3.63, 3.8) is 0 Å². The normalized spacial score (nSPS) is 16.6. The number of nitrogens with zero attached hydrogens (tertiary/aromatic N) is 1. The lowest BCUT2D eigenvalue weighted by Crippen LogP contribution is -2.50. The van der Waals surface area contributed by atoms with E-state index in [1.807, 2.05) is 32.0 Å². The zero-order valence-corrected chi connectivity index (χ0v) is 29.2. The first-order valence-electron chi connectivity index (χ1n) is 16.6. The zero-order chi connectivity index (χ0) is 35.2. The molecular weight excluding hydrogens is 636 g/mol. The van der Waals surface area contributed by atoms with E-state index in [0.717, 1.165) is 42.2 Å². The average Bonchev–Trinajstić information content (AvgIpc) is 3.01. The standard InChI is InChI=1S/C37H47F2N3O5S/c1-6-10-42(11-7-2)37(45)29-13-24(5)12-28(17-29)36(44)41-33(16-25-14-30(38)19-31(39)15-25)35(43)20-40-34-22-48(46,47)21-27-9-8-26(23(3)4)18-32(27)34/h8-9,12-15,17-19,23,33-35,40,43H,6-7,10-11,16,20-22H2,1-5H3,(H,41,44)/t33-,34-,35+/m0/s1. The van der Waals surface area contributed by atoms with Gasteiger partial charge < -0.3 is 20.6 Å². The van der Waals surface area contributed by atoms with Gasteiger partial charge in [-0.1, -0.05) is 45.9 Å². The molecule has 2 amide bonds. The summed E-state index contributed by atoms with van der Waals surface area (Å²) in [7, 11) is -3.42. The number of hydrogen-bond donors (Lipinski definition) is 3. The summed E-state index contributed by atoms with van der Waals surface area (Å²) in [6.45, 7) is 10.9. The van der Waals surface area contributed by atoms with Gasteiger partial charge in [0, 0.05) is 42.9 Å². The van der Waals surface area contributed by atoms with Crippen LogP contribution >= 0.6 is 0 Å². The van der Waals surface area contributed by atoms with Crippen LogP contribution in [0, 0.1) is 18.6 Å². The van der Waals surface area contributed by atoms with E-state index in [9.17, 15) is 31.9 Å². The van der Waals surface area contributed by atoms with Gasteiger partial charge in [-0.05, 0) is 90.3 Å². The lowest BCUT2D eigenvalue weighted by molar-refractivity contribution is 0.0755. The molecule has 0 unspecified atom stereocenters. The molecule has 3 aromatic carbocycles. The Morgan fingerprint density at radius 1 is 0.958 bits per heavy atom. The van der Waals surface area contributed by atoms with Crippen LogP contribution in [0.4, 0.5) is 8.78 Å². The van der Waals surface area contributed by atoms with E-state index in [1.165, 1.54) is 6.07 Å². The molecule has 11 heteroatoms. The van der Waals surface area contributed by atoms with Crippen LogP contribution in [0.3, 0.4) is 0 Å². The SMILES string of the molecule is CCCN(CCC)C(=O)c1cc(C)cc(C(=O)N[C@@H](Cc2cc(F)cc(F)c2)[C@H](O)CN[C@H]2CS(=O)(=O)Cc3ccc(C(C)C)cc32)c1. The molecule has 0 bridgehead atoms. The number of carbonyl (C=O) groups excluding carboxylic acids is 2. The molecule has 48 heavy (non-hydrogen) atoms. The van der Waals surface area contributed by atoms with Crippen molar-refractivity contribution in [1.29, 1.82) is 0 Å². The van der Waals surface area contributed by atoms with E-state index in [1.54, 1.807) is 24.0 Å². The van der Waals surface area contributed by atoms with Crippen LogP contribution in [0.15, 0.2) is 54.6 Å². The molecule has 0 aromatic heterocycles. The third kappa shape index (κ3) is 9.70. The molecule has 1 heterocycles. The largest absolute Gasteiger partial charge is 0.390 e. The van der Waals surface area contributed by atoms with Crippen molar-refractivity contribution >= 4 is 21.7 Å². The van der Waals surface area contributed by atoms with Gasteiger partial charge in [-0.15, -0.1) is 0 Å². The molecule has 4 rings (SSSR count). The van der Waals surface area contributed by atoms with Crippen molar-refractivity contribution in [2.24, 2.45) is 0 Å². The van der Waals surface area contributed by atoms with Crippen LogP contribution in [0.5, 0.6) is 0 Å². The first-order chi connectivity index (χ1) is 22.7. The Morgan fingerprint density at radius 3 is 2.23 bits per heavy atom. The molecule has 0 saturated heterocycles. The van der Waals surface area contributed by atoms with Crippen molar-refractivity contribution in [3.05, 3.63) is 105 Å². The van der Waals surface area contributed by atoms with Gasteiger partial charge in [0.1, 0.15) is 11.6 Å². The van der Waals surface area contributed by atoms with Crippen molar-refractivity contribution in [2.45, 2.75) is 83.7 Å². The highest BCUT2D eigenvalue weighted by atomic mass is 32.2. The van der Waals surface area contributed by atoms with Crippen LogP contribution in [0.25, 0.3) is 0 Å². The highest BCUT2D eigenvalue weighted by Gasteiger charge is 2.32. The van der Waals surface area contributed by atoms with Crippen molar-refractivity contribution < 1.29 is 31.9 Å². The number of sulfone groups is 1. The Kier molecular flexibility index (Phi) is 12.5. The maximum atomic E-state index is 14.1. The number of amides is 2. The molecule has 3 aromatic rings. The van der Waals surface area contributed by atoms with E-state index < -0.39 is 45.6 Å². The van der Waals surface area contributed by atoms with Crippen LogP contribution in [0.2, 0.25) is 0 Å². The Morgan fingerprint density at radius 2 is 1.60 bits per heavy atom. The molecule has 3 N–H and O–H groups in total. The summed E-state index contributed by atoms with van der Waals surface area (Å²) in [4.78, 5) is 28.8. The second-order valence-electron chi connectivity index (χ2n) is 13.1. The molecular formula is C37H47F2N3O5S. The molecule has 0 fully saturated rings. The monoisotopic (exact) mass is 683 g/mol. The molecule has 0 radical (unpaired) electrons. The summed E-state index contributed by atoms with van der Waals surface area (Å²) in [6.07, 6.45) is 0.183. The van der Waals surface area contributed by atoms with Gasteiger partial charge in [0.25, 0.3) is 11.8 Å². The van der Waals surface area contributed by atoms with Crippen molar-refractivity contribution in [1.82, 2.24) is 15.5 Å². The van der Waals surface area contributed by atoms with Gasteiger partial charge in [-0.3, -0.25) is 9.59 Å². The summed E-state index contributed by atoms with van der Waals surface area (Å²) in [5.74, 6) is -2.34. The second-order valence-corrected chi connectivity index (χ2v) is 15.2. The quantitative estimate of drug-likeness (QED) is 0.203. The molecule has 0 spiro atoms. The topological polar surface area (TPSA) is 116 Å². The third-order valence-electron chi connectivity index (χ3n) is 8.60. The molecule has 1 aliphatic rings. The smallest absolute Gasteiger partial charge is 0.253 e. The number of benzene rings is 3. The first kappa shape index (κ1) is 37.2. The van der Waals surface area contributed by atoms with Crippen LogP contribution < -0.4 is 10.6 Å². The molecule has 0 aliphatic carbocycles. The maximum absolute atomic E-state index is 14.1. The van der Waals surface area contributed by atoms with Gasteiger partial charge in [-0.2, -0.15) is 0 Å². The van der Waals surface area contributed by atoms with E-state index in [2.05, 4.69) is 24.5 Å². The average molecular weight is 684 g/mol. The fourth-order valence-electron chi connectivity index (χ4n) is 6.23. The predicted molar refractivity (Wildman–Crippen MR) is 184 cm³/mol. The van der Waals surface area contributed by atoms with Gasteiger partial charge in [0.2, 0.25) is 0 Å². The first-order valence-corrected chi connectivity index (χ1v) is 18.4. The lowest BCUT2D eigenvalue weighted by Gasteiger charge is -2.30. The van der Waals surface area contributed by atoms with Gasteiger partial charge in [0.05, 0.1) is 23.7 Å². The Hall–Kier alpha value is -3.67. The third-order valence-corrected chi connectivity index (χ3v) is 10.2. The van der Waals surface area contributed by atoms with E-state index >= 15 is 0 Å². The minimum atomic E-state index is -3.42. The second kappa shape index (κ2) is 16.2. The van der Waals surface area contributed by atoms with Crippen molar-refractivity contribution in [3.8, 4) is 0 Å². The summed E-state index contributed by atoms with van der Waals surface area (Å²) < 4.78 is 53.9. The van der Waals surface area contributed by atoms with E-state index in [0.29, 0.717) is 29.8 Å². The number of halogens is 2. The van der Waals surface area contributed by atoms with Gasteiger partial charge in [-0.25, -0.2) is 17.2 Å². The number of aryl methyl sites for hydroxylation is 1. The maximum Gasteiger partial charge on any atom is 0.253 e. The number of carbonyl (C=O) groups is 2. The number of rotatable bonds is 14. The Labute approximate surface area is 282 Å². The van der Waals surface area contributed by atoms with Gasteiger partial charge in [0.15, 0.2) is 9.84 Å². The van der Waals surface area contributed by atoms with Crippen LogP contribution in [-0.2, 0) is 22.0 Å². The minimum Gasteiger partial charge on any atom is -0.390 e. The van der Waals surface area contributed by atoms with E-state index in [-0.39, 0.29) is 47.4 Å². The van der Waals surface area contributed by atoms with Crippen molar-refractivity contribution in [2.75, 3.05) is 25.4 Å². The number of aliphatic hydroxyl groups is 1.